The molecule has 6 heteroatoms. The van der Waals surface area contributed by atoms with E-state index in [2.05, 4.69) is 68.8 Å². The second-order valence-electron chi connectivity index (χ2n) is 8.07. The number of amides is 1. The van der Waals surface area contributed by atoms with Gasteiger partial charge in [-0.1, -0.05) is 60.2 Å². The first kappa shape index (κ1) is 20.8. The fourth-order valence-electron chi connectivity index (χ4n) is 3.83. The maximum Gasteiger partial charge on any atom is 0.225 e. The summed E-state index contributed by atoms with van der Waals surface area (Å²) in [4.78, 5) is 24.0. The van der Waals surface area contributed by atoms with E-state index in [0.29, 0.717) is 25.6 Å². The first-order valence-electron chi connectivity index (χ1n) is 10.9. The summed E-state index contributed by atoms with van der Waals surface area (Å²) in [5.74, 6) is 1.55. The van der Waals surface area contributed by atoms with Crippen molar-refractivity contribution < 1.29 is 4.79 Å². The molecule has 0 spiro atoms. The molecule has 1 aliphatic rings. The first-order valence-corrected chi connectivity index (χ1v) is 10.9. The monoisotopic (exact) mass is 415 g/mol. The summed E-state index contributed by atoms with van der Waals surface area (Å²) in [6.45, 7) is 4.88. The van der Waals surface area contributed by atoms with Gasteiger partial charge in [0.25, 0.3) is 0 Å². The third-order valence-corrected chi connectivity index (χ3v) is 5.64. The maximum atomic E-state index is 12.8. The molecule has 1 amide bonds. The highest BCUT2D eigenvalue weighted by Crippen LogP contribution is 2.22. The van der Waals surface area contributed by atoms with Gasteiger partial charge in [0, 0.05) is 32.4 Å². The van der Waals surface area contributed by atoms with Crippen LogP contribution < -0.4 is 15.5 Å². The molecule has 2 aromatic carbocycles. The third kappa shape index (κ3) is 5.81. The van der Waals surface area contributed by atoms with Gasteiger partial charge < -0.3 is 15.5 Å². The van der Waals surface area contributed by atoms with Crippen LogP contribution in [0.25, 0.3) is 0 Å². The number of piperidine rings is 1. The Morgan fingerprint density at radius 2 is 1.81 bits per heavy atom. The van der Waals surface area contributed by atoms with Crippen molar-refractivity contribution in [1.82, 2.24) is 15.3 Å². The molecule has 0 saturated carbocycles. The highest BCUT2D eigenvalue weighted by molar-refractivity contribution is 5.79. The SMILES string of the molecule is Cc1ccc(CNC(=O)[C@H]2CCCN(c3ccnc(NCc4ccccc4)n3)C2)cc1. The van der Waals surface area contributed by atoms with Crippen molar-refractivity contribution in [2.24, 2.45) is 5.92 Å². The molecule has 2 N–H and O–H groups in total. The number of nitrogens with zero attached hydrogens (tertiary/aromatic N) is 3. The zero-order valence-electron chi connectivity index (χ0n) is 17.9. The van der Waals surface area contributed by atoms with Crippen molar-refractivity contribution >= 4 is 17.7 Å². The van der Waals surface area contributed by atoms with Crippen LogP contribution in [0.1, 0.15) is 29.5 Å². The number of aromatic nitrogens is 2. The summed E-state index contributed by atoms with van der Waals surface area (Å²) in [5.41, 5.74) is 3.52. The smallest absolute Gasteiger partial charge is 0.225 e. The quantitative estimate of drug-likeness (QED) is 0.612. The van der Waals surface area contributed by atoms with Crippen LogP contribution in [0.2, 0.25) is 0 Å². The van der Waals surface area contributed by atoms with Crippen LogP contribution in [0.4, 0.5) is 11.8 Å². The minimum absolute atomic E-state index is 0.0325. The van der Waals surface area contributed by atoms with Crippen LogP contribution in [-0.4, -0.2) is 29.0 Å². The van der Waals surface area contributed by atoms with Gasteiger partial charge in [-0.15, -0.1) is 0 Å². The molecule has 0 unspecified atom stereocenters. The number of aryl methyl sites for hydroxylation is 1. The number of nitrogens with one attached hydrogen (secondary N) is 2. The summed E-state index contributed by atoms with van der Waals surface area (Å²) in [5, 5.41) is 6.39. The lowest BCUT2D eigenvalue weighted by molar-refractivity contribution is -0.125. The molecule has 0 radical (unpaired) electrons. The van der Waals surface area contributed by atoms with Crippen molar-refractivity contribution in [1.29, 1.82) is 0 Å². The topological polar surface area (TPSA) is 70.2 Å². The van der Waals surface area contributed by atoms with Gasteiger partial charge in [-0.3, -0.25) is 4.79 Å². The molecular weight excluding hydrogens is 386 g/mol. The molecule has 0 aliphatic carbocycles. The van der Waals surface area contributed by atoms with E-state index >= 15 is 0 Å². The van der Waals surface area contributed by atoms with E-state index in [4.69, 9.17) is 0 Å². The molecule has 4 rings (SSSR count). The van der Waals surface area contributed by atoms with Crippen LogP contribution in [0.15, 0.2) is 66.9 Å². The number of anilines is 2. The Morgan fingerprint density at radius 1 is 1.03 bits per heavy atom. The largest absolute Gasteiger partial charge is 0.356 e. The predicted molar refractivity (Wildman–Crippen MR) is 124 cm³/mol. The number of carbonyl (C=O) groups is 1. The predicted octanol–water partition coefficient (Wildman–Crippen LogP) is 3.93. The Balaban J connectivity index is 1.33. The number of hydrogen-bond donors (Lipinski definition) is 2. The van der Waals surface area contributed by atoms with Crippen molar-refractivity contribution in [3.05, 3.63) is 83.6 Å². The summed E-state index contributed by atoms with van der Waals surface area (Å²) >= 11 is 0. The number of hydrogen-bond acceptors (Lipinski definition) is 5. The molecule has 0 bridgehead atoms. The summed E-state index contributed by atoms with van der Waals surface area (Å²) in [6.07, 6.45) is 3.65. The van der Waals surface area contributed by atoms with Crippen LogP contribution in [0.3, 0.4) is 0 Å². The standard InChI is InChI=1S/C25H29N5O/c1-19-9-11-21(12-10-19)16-27-24(31)22-8-5-15-30(18-22)23-13-14-26-25(29-23)28-17-20-6-3-2-4-7-20/h2-4,6-7,9-14,22H,5,8,15-18H2,1H3,(H,27,31)(H,26,28,29)/t22-/m0/s1. The molecule has 1 saturated heterocycles. The number of benzene rings is 2. The highest BCUT2D eigenvalue weighted by Gasteiger charge is 2.26. The van der Waals surface area contributed by atoms with Crippen LogP contribution in [0, 0.1) is 12.8 Å². The fourth-order valence-corrected chi connectivity index (χ4v) is 3.83. The molecule has 2 heterocycles. The Hall–Kier alpha value is -3.41. The van der Waals surface area contributed by atoms with Gasteiger partial charge in [0.05, 0.1) is 5.92 Å². The Bertz CT molecular complexity index is 990. The van der Waals surface area contributed by atoms with E-state index in [1.54, 1.807) is 6.20 Å². The Morgan fingerprint density at radius 3 is 2.61 bits per heavy atom. The second-order valence-corrected chi connectivity index (χ2v) is 8.07. The molecule has 31 heavy (non-hydrogen) atoms. The van der Waals surface area contributed by atoms with Crippen LogP contribution >= 0.6 is 0 Å². The maximum absolute atomic E-state index is 12.8. The van der Waals surface area contributed by atoms with Gasteiger partial charge >= 0.3 is 0 Å². The fraction of sp³-hybridized carbons (Fsp3) is 0.320. The van der Waals surface area contributed by atoms with Gasteiger partial charge in [-0.05, 0) is 37.0 Å². The lowest BCUT2D eigenvalue weighted by Crippen LogP contribution is -2.43. The Labute approximate surface area is 183 Å². The lowest BCUT2D eigenvalue weighted by Gasteiger charge is -2.33. The average Bonchev–Trinajstić information content (AvgIpc) is 2.83. The third-order valence-electron chi connectivity index (χ3n) is 5.64. The highest BCUT2D eigenvalue weighted by atomic mass is 16.1. The van der Waals surface area contributed by atoms with Crippen molar-refractivity contribution in [3.63, 3.8) is 0 Å². The minimum Gasteiger partial charge on any atom is -0.356 e. The van der Waals surface area contributed by atoms with E-state index in [0.717, 1.165) is 30.8 Å². The zero-order valence-corrected chi connectivity index (χ0v) is 17.9. The van der Waals surface area contributed by atoms with E-state index in [1.807, 2.05) is 24.3 Å². The molecule has 1 aromatic heterocycles. The number of carbonyl (C=O) groups excluding carboxylic acids is 1. The molecule has 1 aliphatic heterocycles. The Kier molecular flexibility index (Phi) is 6.77. The minimum atomic E-state index is -0.0325. The van der Waals surface area contributed by atoms with E-state index in [9.17, 15) is 4.79 Å². The average molecular weight is 416 g/mol. The van der Waals surface area contributed by atoms with Crippen molar-refractivity contribution in [3.8, 4) is 0 Å². The van der Waals surface area contributed by atoms with Crippen LogP contribution in [-0.2, 0) is 17.9 Å². The van der Waals surface area contributed by atoms with E-state index in [-0.39, 0.29) is 11.8 Å². The molecule has 6 nitrogen and oxygen atoms in total. The second kappa shape index (κ2) is 10.1. The molecule has 1 fully saturated rings. The lowest BCUT2D eigenvalue weighted by atomic mass is 9.97. The molecule has 3 aromatic rings. The summed E-state index contributed by atoms with van der Waals surface area (Å²) in [7, 11) is 0. The number of rotatable bonds is 7. The van der Waals surface area contributed by atoms with Crippen LogP contribution in [0.5, 0.6) is 0 Å². The van der Waals surface area contributed by atoms with Gasteiger partial charge in [0.2, 0.25) is 11.9 Å². The first-order chi connectivity index (χ1) is 15.2. The van der Waals surface area contributed by atoms with Gasteiger partial charge in [-0.2, -0.15) is 4.98 Å². The summed E-state index contributed by atoms with van der Waals surface area (Å²) < 4.78 is 0. The zero-order chi connectivity index (χ0) is 21.5. The van der Waals surface area contributed by atoms with Crippen molar-refractivity contribution in [2.75, 3.05) is 23.3 Å². The molecular formula is C25H29N5O. The molecule has 1 atom stereocenters. The normalized spacial score (nSPS) is 16.0. The summed E-state index contributed by atoms with van der Waals surface area (Å²) in [6, 6.07) is 20.4. The van der Waals surface area contributed by atoms with E-state index in [1.165, 1.54) is 11.1 Å². The molecule has 160 valence electrons. The van der Waals surface area contributed by atoms with Crippen molar-refractivity contribution in [2.45, 2.75) is 32.9 Å². The van der Waals surface area contributed by atoms with E-state index < -0.39 is 0 Å². The van der Waals surface area contributed by atoms with Gasteiger partial charge in [0.1, 0.15) is 5.82 Å². The van der Waals surface area contributed by atoms with Gasteiger partial charge in [-0.25, -0.2) is 4.98 Å². The van der Waals surface area contributed by atoms with Gasteiger partial charge in [0.15, 0.2) is 0 Å².